The van der Waals surface area contributed by atoms with Crippen LogP contribution in [0.4, 0.5) is 4.39 Å². The highest BCUT2D eigenvalue weighted by molar-refractivity contribution is 5.16. The quantitative estimate of drug-likeness (QED) is 0.720. The van der Waals surface area contributed by atoms with Gasteiger partial charge in [0.05, 0.1) is 6.54 Å². The Labute approximate surface area is 81.2 Å². The van der Waals surface area contributed by atoms with Crippen LogP contribution in [0.15, 0.2) is 30.6 Å². The average molecular weight is 190 g/mol. The maximum absolute atomic E-state index is 12.6. The Bertz CT molecular complexity index is 419. The van der Waals surface area contributed by atoms with Crippen LogP contribution < -0.4 is 0 Å². The van der Waals surface area contributed by atoms with Crippen molar-refractivity contribution in [1.82, 2.24) is 14.8 Å². The predicted octanol–water partition coefficient (Wildman–Crippen LogP) is 1.65. The molecule has 71 valence electrons. The molecule has 0 saturated heterocycles. The zero-order valence-electron chi connectivity index (χ0n) is 7.52. The van der Waals surface area contributed by atoms with Gasteiger partial charge in [-0.3, -0.25) is 0 Å². The van der Waals surface area contributed by atoms with E-state index < -0.39 is 0 Å². The Balaban J connectivity index is 2.15. The van der Waals surface area contributed by atoms with Crippen molar-refractivity contribution < 1.29 is 4.39 Å². The molecule has 2 rings (SSSR count). The minimum Gasteiger partial charge on any atom is -0.248 e. The lowest BCUT2D eigenvalue weighted by atomic mass is 10.2. The molecule has 0 spiro atoms. The Morgan fingerprint density at radius 1 is 1.29 bits per heavy atom. The van der Waals surface area contributed by atoms with Crippen LogP contribution in [-0.4, -0.2) is 14.8 Å². The smallest absolute Gasteiger partial charge is 0.151 e. The first-order valence-electron chi connectivity index (χ1n) is 4.20. The number of rotatable bonds is 2. The maximum Gasteiger partial charge on any atom is 0.151 e. The summed E-state index contributed by atoms with van der Waals surface area (Å²) in [6, 6.07) is 6.30. The molecule has 0 aliphatic carbocycles. The molecule has 4 heteroatoms. The topological polar surface area (TPSA) is 30.7 Å². The Morgan fingerprint density at radius 3 is 2.57 bits per heavy atom. The van der Waals surface area contributed by atoms with E-state index in [1.165, 1.54) is 12.1 Å². The van der Waals surface area contributed by atoms with Gasteiger partial charge in [-0.25, -0.2) is 14.1 Å². The first kappa shape index (κ1) is 8.87. The van der Waals surface area contributed by atoms with Gasteiger partial charge in [-0.05, 0) is 17.7 Å². The molecule has 14 heavy (non-hydrogen) atoms. The van der Waals surface area contributed by atoms with Crippen LogP contribution in [0, 0.1) is 12.7 Å². The summed E-state index contributed by atoms with van der Waals surface area (Å²) in [5.74, 6) is 0.261. The fourth-order valence-corrected chi connectivity index (χ4v) is 1.19. The minimum atomic E-state index is -0.231. The van der Waals surface area contributed by atoms with Gasteiger partial charge in [-0.2, -0.15) is 5.10 Å². The van der Waals surface area contributed by atoms with Gasteiger partial charge in [0.2, 0.25) is 0 Å². The fourth-order valence-electron chi connectivity index (χ4n) is 1.19. The summed E-state index contributed by atoms with van der Waals surface area (Å²) in [5, 5.41) is 4.03. The number of nitrogens with zero attached hydrogens (tertiary/aromatic N) is 3. The zero-order valence-corrected chi connectivity index (χ0v) is 7.52. The summed E-state index contributed by atoms with van der Waals surface area (Å²) < 4.78 is 14.2. The summed E-state index contributed by atoms with van der Waals surface area (Å²) in [4.78, 5) is 3.90. The van der Waals surface area contributed by atoms with E-state index in [-0.39, 0.29) is 5.82 Å². The molecule has 1 heterocycles. The van der Waals surface area contributed by atoms with E-state index in [9.17, 15) is 4.39 Å². The van der Waals surface area contributed by atoms with Gasteiger partial charge in [0, 0.05) is 6.92 Å². The highest BCUT2D eigenvalue weighted by Crippen LogP contribution is 2.04. The molecule has 0 amide bonds. The molecule has 0 fully saturated rings. The van der Waals surface area contributed by atoms with Gasteiger partial charge in [-0.15, -0.1) is 0 Å². The Morgan fingerprint density at radius 2 is 2.00 bits per heavy atom. The van der Waals surface area contributed by atoms with Crippen LogP contribution in [0.25, 0.3) is 0 Å². The lowest BCUT2D eigenvalue weighted by Gasteiger charge is -2.00. The van der Waals surface area contributed by atoms with Gasteiger partial charge in [0.1, 0.15) is 12.1 Å². The van der Waals surface area contributed by atoms with E-state index in [4.69, 9.17) is 0 Å². The number of aromatic nitrogens is 3. The number of halogens is 1. The van der Waals surface area contributed by atoms with Crippen LogP contribution >= 0.6 is 0 Å². The second-order valence-corrected chi connectivity index (χ2v) is 2.98. The maximum atomic E-state index is 12.6. The molecular formula is C10H9FN3. The molecule has 0 N–H and O–H groups in total. The van der Waals surface area contributed by atoms with Crippen LogP contribution in [0.1, 0.15) is 11.4 Å². The molecule has 0 aliphatic rings. The van der Waals surface area contributed by atoms with E-state index in [1.54, 1.807) is 23.1 Å². The van der Waals surface area contributed by atoms with Crippen LogP contribution in [0.3, 0.4) is 0 Å². The highest BCUT2D eigenvalue weighted by atomic mass is 19.1. The molecule has 0 atom stereocenters. The summed E-state index contributed by atoms with van der Waals surface area (Å²) in [5.41, 5.74) is 0.983. The van der Waals surface area contributed by atoms with Crippen LogP contribution in [-0.2, 0) is 6.54 Å². The number of hydrogen-bond acceptors (Lipinski definition) is 2. The summed E-state index contributed by atoms with van der Waals surface area (Å²) in [6.45, 7) is 4.18. The third-order valence-corrected chi connectivity index (χ3v) is 1.84. The van der Waals surface area contributed by atoms with Gasteiger partial charge < -0.3 is 0 Å². The minimum absolute atomic E-state index is 0.231. The van der Waals surface area contributed by atoms with Crippen LogP contribution in [0.2, 0.25) is 0 Å². The average Bonchev–Trinajstić information content (AvgIpc) is 2.56. The Kier molecular flexibility index (Phi) is 2.26. The number of hydrogen-bond donors (Lipinski definition) is 0. The van der Waals surface area contributed by atoms with Crippen molar-refractivity contribution in [3.05, 3.63) is 54.7 Å². The van der Waals surface area contributed by atoms with Gasteiger partial charge in [-0.1, -0.05) is 12.1 Å². The van der Waals surface area contributed by atoms with Crippen LogP contribution in [0.5, 0.6) is 0 Å². The van der Waals surface area contributed by atoms with Gasteiger partial charge in [0.25, 0.3) is 0 Å². The second-order valence-electron chi connectivity index (χ2n) is 2.98. The molecule has 1 aromatic heterocycles. The monoisotopic (exact) mass is 190 g/mol. The molecular weight excluding hydrogens is 181 g/mol. The second kappa shape index (κ2) is 3.57. The fraction of sp³-hybridized carbons (Fsp3) is 0.100. The SMILES string of the molecule is [CH2]c1ncn(Cc2ccc(F)cc2)n1. The van der Waals surface area contributed by atoms with E-state index in [1.807, 2.05) is 0 Å². The standard InChI is InChI=1S/C10H9FN3/c1-8-12-7-14(13-8)6-9-2-4-10(11)5-3-9/h2-5,7H,1,6H2. The van der Waals surface area contributed by atoms with Crippen molar-refractivity contribution in [2.24, 2.45) is 0 Å². The lowest BCUT2D eigenvalue weighted by molar-refractivity contribution is 0.624. The molecule has 3 nitrogen and oxygen atoms in total. The van der Waals surface area contributed by atoms with Crippen molar-refractivity contribution in [3.8, 4) is 0 Å². The molecule has 1 radical (unpaired) electrons. The highest BCUT2D eigenvalue weighted by Gasteiger charge is 1.97. The molecule has 0 saturated carbocycles. The van der Waals surface area contributed by atoms with Gasteiger partial charge >= 0.3 is 0 Å². The largest absolute Gasteiger partial charge is 0.248 e. The molecule has 0 bridgehead atoms. The van der Waals surface area contributed by atoms with E-state index in [2.05, 4.69) is 17.0 Å². The predicted molar refractivity (Wildman–Crippen MR) is 50.0 cm³/mol. The third kappa shape index (κ3) is 1.96. The molecule has 0 aliphatic heterocycles. The van der Waals surface area contributed by atoms with Crippen molar-refractivity contribution >= 4 is 0 Å². The van der Waals surface area contributed by atoms with E-state index in [0.29, 0.717) is 12.4 Å². The van der Waals surface area contributed by atoms with E-state index >= 15 is 0 Å². The van der Waals surface area contributed by atoms with E-state index in [0.717, 1.165) is 5.56 Å². The lowest BCUT2D eigenvalue weighted by Crippen LogP contribution is -2.00. The Hall–Kier alpha value is -1.71. The summed E-state index contributed by atoms with van der Waals surface area (Å²) in [7, 11) is 0. The van der Waals surface area contributed by atoms with Crippen molar-refractivity contribution in [3.63, 3.8) is 0 Å². The molecule has 1 aromatic carbocycles. The van der Waals surface area contributed by atoms with Gasteiger partial charge in [0.15, 0.2) is 5.82 Å². The first-order valence-corrected chi connectivity index (χ1v) is 4.20. The zero-order chi connectivity index (χ0) is 9.97. The summed E-state index contributed by atoms with van der Waals surface area (Å²) in [6.07, 6.45) is 1.60. The van der Waals surface area contributed by atoms with Crippen molar-refractivity contribution in [1.29, 1.82) is 0 Å². The molecule has 0 unspecified atom stereocenters. The normalized spacial score (nSPS) is 10.4. The third-order valence-electron chi connectivity index (χ3n) is 1.84. The first-order chi connectivity index (χ1) is 6.74. The number of benzene rings is 1. The summed E-state index contributed by atoms with van der Waals surface area (Å²) >= 11 is 0. The van der Waals surface area contributed by atoms with Crippen molar-refractivity contribution in [2.45, 2.75) is 6.54 Å². The van der Waals surface area contributed by atoms with Crippen molar-refractivity contribution in [2.75, 3.05) is 0 Å². The molecule has 2 aromatic rings.